The molecule has 1 atom stereocenters. The van der Waals surface area contributed by atoms with Crippen molar-refractivity contribution in [2.24, 2.45) is 5.92 Å². The van der Waals surface area contributed by atoms with E-state index in [1.54, 1.807) is 0 Å². The van der Waals surface area contributed by atoms with Crippen LogP contribution in [0.1, 0.15) is 45.7 Å². The normalized spacial score (nSPS) is 13.3. The lowest BCUT2D eigenvalue weighted by atomic mass is 9.85. The van der Waals surface area contributed by atoms with Gasteiger partial charge in [-0.3, -0.25) is 4.79 Å². The Hall–Kier alpha value is -2.21. The van der Waals surface area contributed by atoms with Crippen LogP contribution < -0.4 is 10.6 Å². The quantitative estimate of drug-likeness (QED) is 0.556. The Balaban J connectivity index is 2.26. The molecular weight excluding hydrogens is 401 g/mol. The molecule has 0 bridgehead atoms. The number of hydrogen-bond acceptors (Lipinski definition) is 2. The number of benzene rings is 2. The van der Waals surface area contributed by atoms with Gasteiger partial charge in [0, 0.05) is 5.69 Å². The summed E-state index contributed by atoms with van der Waals surface area (Å²) in [5.74, 6) is -0.414. The molecule has 0 aliphatic heterocycles. The average molecular weight is 427 g/mol. The Labute approximate surface area is 174 Å². The van der Waals surface area contributed by atoms with Gasteiger partial charge >= 0.3 is 6.18 Å². The van der Waals surface area contributed by atoms with Crippen molar-refractivity contribution in [2.75, 3.05) is 10.6 Å². The van der Waals surface area contributed by atoms with Gasteiger partial charge in [-0.2, -0.15) is 13.2 Å². The maximum Gasteiger partial charge on any atom is 0.416 e. The lowest BCUT2D eigenvalue weighted by Gasteiger charge is -2.27. The fourth-order valence-corrected chi connectivity index (χ4v) is 3.20. The second-order valence-corrected chi connectivity index (χ2v) is 8.75. The number of carbonyl (C=O) groups excluding carboxylic acids is 1. The Morgan fingerprint density at radius 3 is 2.14 bits per heavy atom. The van der Waals surface area contributed by atoms with Crippen LogP contribution >= 0.6 is 11.6 Å². The third-order valence-electron chi connectivity index (χ3n) is 4.55. The highest BCUT2D eigenvalue weighted by atomic mass is 35.5. The summed E-state index contributed by atoms with van der Waals surface area (Å²) in [5, 5.41) is 5.85. The van der Waals surface area contributed by atoms with Gasteiger partial charge in [-0.25, -0.2) is 0 Å². The van der Waals surface area contributed by atoms with Crippen LogP contribution in [-0.4, -0.2) is 11.9 Å². The van der Waals surface area contributed by atoms with Gasteiger partial charge in [-0.15, -0.1) is 0 Å². The van der Waals surface area contributed by atoms with Gasteiger partial charge in [0.05, 0.1) is 16.3 Å². The minimum Gasteiger partial charge on any atom is -0.372 e. The fourth-order valence-electron chi connectivity index (χ4n) is 2.97. The Kier molecular flexibility index (Phi) is 6.89. The van der Waals surface area contributed by atoms with Crippen LogP contribution in [0.4, 0.5) is 24.5 Å². The lowest BCUT2D eigenvalue weighted by molar-refractivity contribution is -0.137. The minimum absolute atomic E-state index is 0.0895. The molecule has 0 fully saturated rings. The van der Waals surface area contributed by atoms with E-state index in [0.29, 0.717) is 5.69 Å². The summed E-state index contributed by atoms with van der Waals surface area (Å²) in [4.78, 5) is 13.0. The Morgan fingerprint density at radius 2 is 1.62 bits per heavy atom. The highest BCUT2D eigenvalue weighted by molar-refractivity contribution is 6.33. The summed E-state index contributed by atoms with van der Waals surface area (Å²) in [5.41, 5.74) is 0.969. The maximum absolute atomic E-state index is 13.0. The molecule has 0 heterocycles. The number of rotatable bonds is 5. The molecule has 1 amide bonds. The van der Waals surface area contributed by atoms with Gasteiger partial charge < -0.3 is 10.6 Å². The molecule has 0 spiro atoms. The summed E-state index contributed by atoms with van der Waals surface area (Å²) in [7, 11) is 0. The number of anilines is 2. The second-order valence-electron chi connectivity index (χ2n) is 8.34. The van der Waals surface area contributed by atoms with Gasteiger partial charge in [-0.05, 0) is 41.2 Å². The van der Waals surface area contributed by atoms with E-state index in [1.807, 2.05) is 38.1 Å². The molecular formula is C22H26ClF3N2O. The number of nitrogens with one attached hydrogen (secondary N) is 2. The van der Waals surface area contributed by atoms with Crippen molar-refractivity contribution in [1.82, 2.24) is 0 Å². The van der Waals surface area contributed by atoms with Crippen molar-refractivity contribution >= 4 is 28.9 Å². The van der Waals surface area contributed by atoms with Crippen LogP contribution in [0.25, 0.3) is 0 Å². The first-order valence-electron chi connectivity index (χ1n) is 9.34. The predicted octanol–water partition coefficient (Wildman–Crippen LogP) is 6.73. The number of amides is 1. The molecule has 3 nitrogen and oxygen atoms in total. The van der Waals surface area contributed by atoms with Gasteiger partial charge in [0.1, 0.15) is 6.04 Å². The lowest BCUT2D eigenvalue weighted by Crippen LogP contribution is -2.39. The van der Waals surface area contributed by atoms with Crippen molar-refractivity contribution in [2.45, 2.75) is 52.3 Å². The molecule has 7 heteroatoms. The fraction of sp³-hybridized carbons (Fsp3) is 0.409. The molecule has 2 aromatic carbocycles. The van der Waals surface area contributed by atoms with Gasteiger partial charge in [-0.1, -0.05) is 64.4 Å². The largest absolute Gasteiger partial charge is 0.416 e. The standard InChI is InChI=1S/C22H26ClF3N2O/c1-13(2)19(27-18-11-10-14(12-16(18)23)22(24,25)26)20(29)28-17-9-7-6-8-15(17)21(3,4)5/h6-13,19,27H,1-5H3,(H,28,29). The third-order valence-corrected chi connectivity index (χ3v) is 4.86. The first-order chi connectivity index (χ1) is 13.3. The van der Waals surface area contributed by atoms with Crippen molar-refractivity contribution in [1.29, 1.82) is 0 Å². The van der Waals surface area contributed by atoms with E-state index >= 15 is 0 Å². The van der Waals surface area contributed by atoms with E-state index in [-0.39, 0.29) is 28.0 Å². The van der Waals surface area contributed by atoms with Crippen LogP contribution in [0, 0.1) is 5.92 Å². The zero-order valence-corrected chi connectivity index (χ0v) is 17.9. The number of halogens is 4. The molecule has 0 aromatic heterocycles. The van der Waals surface area contributed by atoms with E-state index < -0.39 is 17.8 Å². The molecule has 29 heavy (non-hydrogen) atoms. The summed E-state index contributed by atoms with van der Waals surface area (Å²) in [6.45, 7) is 9.87. The van der Waals surface area contributed by atoms with Crippen molar-refractivity contribution < 1.29 is 18.0 Å². The van der Waals surface area contributed by atoms with Gasteiger partial charge in [0.25, 0.3) is 0 Å². The smallest absolute Gasteiger partial charge is 0.372 e. The first kappa shape index (κ1) is 23.1. The van der Waals surface area contributed by atoms with Gasteiger partial charge in [0.2, 0.25) is 5.91 Å². The van der Waals surface area contributed by atoms with Gasteiger partial charge in [0.15, 0.2) is 0 Å². The zero-order chi connectivity index (χ0) is 22.0. The third kappa shape index (κ3) is 5.89. The molecule has 2 N–H and O–H groups in total. The molecule has 0 radical (unpaired) electrons. The number of carbonyl (C=O) groups is 1. The predicted molar refractivity (Wildman–Crippen MR) is 112 cm³/mol. The summed E-state index contributed by atoms with van der Waals surface area (Å²) in [6.07, 6.45) is -4.48. The van der Waals surface area contributed by atoms with Crippen LogP contribution in [-0.2, 0) is 16.4 Å². The molecule has 2 aromatic rings. The zero-order valence-electron chi connectivity index (χ0n) is 17.1. The highest BCUT2D eigenvalue weighted by Crippen LogP contribution is 2.34. The van der Waals surface area contributed by atoms with E-state index in [4.69, 9.17) is 11.6 Å². The summed E-state index contributed by atoms with van der Waals surface area (Å²) < 4.78 is 38.6. The van der Waals surface area contributed by atoms with Crippen LogP contribution in [0.15, 0.2) is 42.5 Å². The molecule has 0 saturated heterocycles. The first-order valence-corrected chi connectivity index (χ1v) is 9.72. The number of para-hydroxylation sites is 1. The summed E-state index contributed by atoms with van der Waals surface area (Å²) >= 11 is 6.04. The average Bonchev–Trinajstić information content (AvgIpc) is 2.58. The van der Waals surface area contributed by atoms with Crippen LogP contribution in [0.3, 0.4) is 0 Å². The Bertz CT molecular complexity index is 873. The minimum atomic E-state index is -4.48. The topological polar surface area (TPSA) is 41.1 Å². The molecule has 0 aliphatic carbocycles. The molecule has 1 unspecified atom stereocenters. The second kappa shape index (κ2) is 8.66. The number of hydrogen-bond donors (Lipinski definition) is 2. The monoisotopic (exact) mass is 426 g/mol. The SMILES string of the molecule is CC(C)C(Nc1ccc(C(F)(F)F)cc1Cl)C(=O)Nc1ccccc1C(C)(C)C. The number of alkyl halides is 3. The molecule has 0 aliphatic rings. The highest BCUT2D eigenvalue weighted by Gasteiger charge is 2.31. The van der Waals surface area contributed by atoms with E-state index in [1.165, 1.54) is 6.07 Å². The van der Waals surface area contributed by atoms with Crippen LogP contribution in [0.5, 0.6) is 0 Å². The van der Waals surface area contributed by atoms with Crippen LogP contribution in [0.2, 0.25) is 5.02 Å². The molecule has 2 rings (SSSR count). The van der Waals surface area contributed by atoms with Crippen molar-refractivity contribution in [3.05, 3.63) is 58.6 Å². The molecule has 158 valence electrons. The van der Waals surface area contributed by atoms with E-state index in [0.717, 1.165) is 17.7 Å². The van der Waals surface area contributed by atoms with E-state index in [9.17, 15) is 18.0 Å². The summed E-state index contributed by atoms with van der Waals surface area (Å²) in [6, 6.07) is 9.91. The maximum atomic E-state index is 13.0. The Morgan fingerprint density at radius 1 is 1.00 bits per heavy atom. The molecule has 0 saturated carbocycles. The van der Waals surface area contributed by atoms with Crippen molar-refractivity contribution in [3.8, 4) is 0 Å². The van der Waals surface area contributed by atoms with E-state index in [2.05, 4.69) is 31.4 Å². The van der Waals surface area contributed by atoms with Crippen molar-refractivity contribution in [3.63, 3.8) is 0 Å².